The molecule has 0 aromatic carbocycles. The number of allylic oxidation sites excluding steroid dienone is 1. The van der Waals surface area contributed by atoms with Crippen LogP contribution in [-0.4, -0.2) is 11.7 Å². The Morgan fingerprint density at radius 1 is 1.07 bits per heavy atom. The monoisotopic (exact) mass is 206 g/mol. The highest BCUT2D eigenvalue weighted by Crippen LogP contribution is 2.56. The summed E-state index contributed by atoms with van der Waals surface area (Å²) >= 11 is 0. The van der Waals surface area contributed by atoms with E-state index in [4.69, 9.17) is 4.74 Å². The van der Waals surface area contributed by atoms with Crippen molar-refractivity contribution in [3.05, 3.63) is 12.7 Å². The van der Waals surface area contributed by atoms with Gasteiger partial charge in [-0.2, -0.15) is 0 Å². The van der Waals surface area contributed by atoms with E-state index in [0.717, 1.165) is 11.8 Å². The van der Waals surface area contributed by atoms with Gasteiger partial charge in [0, 0.05) is 0 Å². The van der Waals surface area contributed by atoms with Gasteiger partial charge >= 0.3 is 0 Å². The summed E-state index contributed by atoms with van der Waals surface area (Å²) in [6.45, 7) is 3.92. The Labute approximate surface area is 92.9 Å². The van der Waals surface area contributed by atoms with E-state index in [1.807, 2.05) is 0 Å². The van der Waals surface area contributed by atoms with Crippen molar-refractivity contribution >= 4 is 0 Å². The molecule has 0 aromatic rings. The Hall–Kier alpha value is -0.300. The van der Waals surface area contributed by atoms with E-state index in [2.05, 4.69) is 12.7 Å². The highest BCUT2D eigenvalue weighted by molar-refractivity contribution is 5.10. The van der Waals surface area contributed by atoms with Gasteiger partial charge in [-0.1, -0.05) is 18.9 Å². The summed E-state index contributed by atoms with van der Waals surface area (Å²) in [6.07, 6.45) is 13.8. The molecule has 3 fully saturated rings. The first-order valence-electron chi connectivity index (χ1n) is 6.65. The van der Waals surface area contributed by atoms with Crippen LogP contribution in [0.2, 0.25) is 0 Å². The Kier molecular flexibility index (Phi) is 2.39. The Bertz CT molecular complexity index is 252. The van der Waals surface area contributed by atoms with Gasteiger partial charge in [0.15, 0.2) is 0 Å². The zero-order chi connectivity index (χ0) is 10.3. The second kappa shape index (κ2) is 3.62. The summed E-state index contributed by atoms with van der Waals surface area (Å²) in [4.78, 5) is 0. The molecule has 0 amide bonds. The number of epoxide rings is 1. The third-order valence-electron chi connectivity index (χ3n) is 4.93. The number of fused-ring (bicyclic) bond motifs is 1. The van der Waals surface area contributed by atoms with Crippen LogP contribution in [0.25, 0.3) is 0 Å². The summed E-state index contributed by atoms with van der Waals surface area (Å²) in [5.41, 5.74) is 0.365. The third-order valence-corrected chi connectivity index (χ3v) is 4.93. The zero-order valence-corrected chi connectivity index (χ0v) is 9.58. The molecule has 0 N–H and O–H groups in total. The minimum atomic E-state index is 0.365. The zero-order valence-electron chi connectivity index (χ0n) is 9.58. The lowest BCUT2D eigenvalue weighted by molar-refractivity contribution is 0.150. The van der Waals surface area contributed by atoms with Crippen molar-refractivity contribution in [2.45, 2.75) is 63.1 Å². The fourth-order valence-electron chi connectivity index (χ4n) is 3.89. The van der Waals surface area contributed by atoms with E-state index >= 15 is 0 Å². The van der Waals surface area contributed by atoms with Crippen molar-refractivity contribution in [2.24, 2.45) is 11.8 Å². The molecule has 0 bridgehead atoms. The van der Waals surface area contributed by atoms with Crippen LogP contribution in [-0.2, 0) is 4.74 Å². The first-order valence-corrected chi connectivity index (χ1v) is 6.65. The van der Waals surface area contributed by atoms with Gasteiger partial charge in [0.2, 0.25) is 0 Å². The second-order valence-electron chi connectivity index (χ2n) is 5.65. The fourth-order valence-corrected chi connectivity index (χ4v) is 3.89. The van der Waals surface area contributed by atoms with Crippen LogP contribution >= 0.6 is 0 Å². The largest absolute Gasteiger partial charge is 0.366 e. The Morgan fingerprint density at radius 3 is 2.53 bits per heavy atom. The predicted molar refractivity (Wildman–Crippen MR) is 61.7 cm³/mol. The highest BCUT2D eigenvalue weighted by atomic mass is 16.6. The summed E-state index contributed by atoms with van der Waals surface area (Å²) in [6, 6.07) is 0. The van der Waals surface area contributed by atoms with E-state index in [9.17, 15) is 0 Å². The molecular weight excluding hydrogens is 184 g/mol. The van der Waals surface area contributed by atoms with Crippen LogP contribution in [0.3, 0.4) is 0 Å². The molecule has 3 rings (SSSR count). The standard InChI is InChI=1S/C14H22O/c1-2-11-6-8-12(9-7-11)14-10-4-3-5-13(14)15-14/h2,11-13H,1,3-10H2. The molecule has 1 aliphatic heterocycles. The summed E-state index contributed by atoms with van der Waals surface area (Å²) in [5.74, 6) is 1.66. The maximum absolute atomic E-state index is 6.05. The first-order chi connectivity index (χ1) is 7.35. The molecular formula is C14H22O. The van der Waals surface area contributed by atoms with E-state index < -0.39 is 0 Å². The van der Waals surface area contributed by atoms with Gasteiger partial charge in [0.25, 0.3) is 0 Å². The maximum Gasteiger partial charge on any atom is 0.0976 e. The molecule has 0 aromatic heterocycles. The molecule has 1 heterocycles. The van der Waals surface area contributed by atoms with Crippen molar-refractivity contribution < 1.29 is 4.74 Å². The lowest BCUT2D eigenvalue weighted by Crippen LogP contribution is -2.32. The molecule has 2 saturated carbocycles. The van der Waals surface area contributed by atoms with Crippen molar-refractivity contribution in [1.29, 1.82) is 0 Å². The molecule has 1 heteroatoms. The lowest BCUT2D eigenvalue weighted by Gasteiger charge is -2.33. The van der Waals surface area contributed by atoms with Gasteiger partial charge in [-0.3, -0.25) is 0 Å². The smallest absolute Gasteiger partial charge is 0.0976 e. The molecule has 15 heavy (non-hydrogen) atoms. The van der Waals surface area contributed by atoms with Crippen molar-refractivity contribution in [2.75, 3.05) is 0 Å². The van der Waals surface area contributed by atoms with Crippen LogP contribution in [0.4, 0.5) is 0 Å². The topological polar surface area (TPSA) is 12.5 Å². The van der Waals surface area contributed by atoms with Gasteiger partial charge in [-0.05, 0) is 50.4 Å². The number of rotatable bonds is 2. The molecule has 2 atom stereocenters. The van der Waals surface area contributed by atoms with Crippen molar-refractivity contribution in [1.82, 2.24) is 0 Å². The van der Waals surface area contributed by atoms with Crippen LogP contribution in [0, 0.1) is 11.8 Å². The van der Waals surface area contributed by atoms with Crippen LogP contribution in [0.15, 0.2) is 12.7 Å². The number of ether oxygens (including phenoxy) is 1. The van der Waals surface area contributed by atoms with E-state index in [1.165, 1.54) is 51.4 Å². The quantitative estimate of drug-likeness (QED) is 0.496. The second-order valence-corrected chi connectivity index (χ2v) is 5.65. The van der Waals surface area contributed by atoms with Gasteiger partial charge < -0.3 is 4.74 Å². The average Bonchev–Trinajstić information content (AvgIpc) is 3.05. The van der Waals surface area contributed by atoms with E-state index in [1.54, 1.807) is 0 Å². The highest BCUT2D eigenvalue weighted by Gasteiger charge is 2.61. The van der Waals surface area contributed by atoms with E-state index in [0.29, 0.717) is 11.7 Å². The van der Waals surface area contributed by atoms with Crippen molar-refractivity contribution in [3.63, 3.8) is 0 Å². The normalized spacial score (nSPS) is 49.5. The van der Waals surface area contributed by atoms with Crippen LogP contribution in [0.1, 0.15) is 51.4 Å². The van der Waals surface area contributed by atoms with Gasteiger partial charge in [0.1, 0.15) is 0 Å². The van der Waals surface area contributed by atoms with Crippen LogP contribution < -0.4 is 0 Å². The lowest BCUT2D eigenvalue weighted by atomic mass is 9.70. The average molecular weight is 206 g/mol. The third kappa shape index (κ3) is 1.56. The first kappa shape index (κ1) is 9.89. The Morgan fingerprint density at radius 2 is 1.87 bits per heavy atom. The molecule has 0 spiro atoms. The molecule has 1 nitrogen and oxygen atoms in total. The van der Waals surface area contributed by atoms with Gasteiger partial charge in [0.05, 0.1) is 11.7 Å². The minimum absolute atomic E-state index is 0.365. The molecule has 3 aliphatic rings. The van der Waals surface area contributed by atoms with Gasteiger partial charge in [-0.15, -0.1) is 6.58 Å². The van der Waals surface area contributed by atoms with E-state index in [-0.39, 0.29) is 0 Å². The summed E-state index contributed by atoms with van der Waals surface area (Å²) in [5, 5.41) is 0. The van der Waals surface area contributed by atoms with Crippen molar-refractivity contribution in [3.8, 4) is 0 Å². The van der Waals surface area contributed by atoms with Crippen LogP contribution in [0.5, 0.6) is 0 Å². The fraction of sp³-hybridized carbons (Fsp3) is 0.857. The minimum Gasteiger partial charge on any atom is -0.366 e. The Balaban J connectivity index is 1.62. The SMILES string of the molecule is C=CC1CCC(C23CCCCC2O3)CC1. The number of hydrogen-bond donors (Lipinski definition) is 0. The summed E-state index contributed by atoms with van der Waals surface area (Å²) < 4.78 is 6.05. The summed E-state index contributed by atoms with van der Waals surface area (Å²) in [7, 11) is 0. The molecule has 2 unspecified atom stereocenters. The predicted octanol–water partition coefficient (Wildman–Crippen LogP) is 3.69. The molecule has 2 aliphatic carbocycles. The molecule has 1 saturated heterocycles. The molecule has 0 radical (unpaired) electrons. The van der Waals surface area contributed by atoms with Gasteiger partial charge in [-0.25, -0.2) is 0 Å². The number of hydrogen-bond acceptors (Lipinski definition) is 1. The maximum atomic E-state index is 6.05. The molecule has 84 valence electrons.